The molecule has 5 rings (SSSR count). The van der Waals surface area contributed by atoms with Crippen LogP contribution in [0.3, 0.4) is 0 Å². The van der Waals surface area contributed by atoms with Crippen molar-refractivity contribution in [3.63, 3.8) is 0 Å². The van der Waals surface area contributed by atoms with E-state index in [4.69, 9.17) is 11.6 Å². The molecule has 0 amide bonds. The Labute approximate surface area is 157 Å². The number of H-pyrrole nitrogens is 1. The van der Waals surface area contributed by atoms with Gasteiger partial charge in [-0.3, -0.25) is 0 Å². The molecule has 0 radical (unpaired) electrons. The number of rotatable bonds is 2. The predicted molar refractivity (Wildman–Crippen MR) is 101 cm³/mol. The maximum Gasteiger partial charge on any atom is 0.212 e. The Kier molecular flexibility index (Phi) is 3.48. The molecule has 130 valence electrons. The average Bonchev–Trinajstić information content (AvgIpc) is 3.31. The summed E-state index contributed by atoms with van der Waals surface area (Å²) in [5, 5.41) is 10.3. The van der Waals surface area contributed by atoms with Gasteiger partial charge in [0.2, 0.25) is 5.16 Å². The minimum atomic E-state index is -0.428. The van der Waals surface area contributed by atoms with Crippen LogP contribution in [-0.4, -0.2) is 19.9 Å². The zero-order chi connectivity index (χ0) is 17.8. The third-order valence-corrected chi connectivity index (χ3v) is 5.82. The van der Waals surface area contributed by atoms with Crippen molar-refractivity contribution in [1.82, 2.24) is 19.9 Å². The molecule has 4 aromatic rings. The van der Waals surface area contributed by atoms with Gasteiger partial charge in [0.25, 0.3) is 0 Å². The minimum absolute atomic E-state index is 0.0471. The molecule has 2 aromatic heterocycles. The van der Waals surface area contributed by atoms with Crippen LogP contribution in [0.15, 0.2) is 47.6 Å². The molecule has 0 aliphatic carbocycles. The molecule has 0 saturated carbocycles. The van der Waals surface area contributed by atoms with Gasteiger partial charge < -0.3 is 10.4 Å². The number of hydrogen-bond acceptors (Lipinski definition) is 4. The van der Waals surface area contributed by atoms with Gasteiger partial charge in [0.05, 0.1) is 10.7 Å². The van der Waals surface area contributed by atoms with Crippen LogP contribution in [0.4, 0.5) is 4.39 Å². The summed E-state index contributed by atoms with van der Waals surface area (Å²) in [7, 11) is 0. The van der Waals surface area contributed by atoms with E-state index in [-0.39, 0.29) is 10.4 Å². The number of para-hydroxylation sites is 1. The summed E-state index contributed by atoms with van der Waals surface area (Å²) in [5.74, 6) is 0.379. The summed E-state index contributed by atoms with van der Waals surface area (Å²) >= 11 is 7.62. The van der Waals surface area contributed by atoms with Gasteiger partial charge in [-0.1, -0.05) is 41.6 Å². The Morgan fingerprint density at radius 1 is 1.19 bits per heavy atom. The Morgan fingerprint density at radius 2 is 2.04 bits per heavy atom. The second kappa shape index (κ2) is 5.75. The number of aromatic nitrogens is 4. The van der Waals surface area contributed by atoms with Gasteiger partial charge >= 0.3 is 0 Å². The van der Waals surface area contributed by atoms with Crippen molar-refractivity contribution in [3.05, 3.63) is 64.7 Å². The smallest absolute Gasteiger partial charge is 0.212 e. The molecule has 1 unspecified atom stereocenters. The first-order valence-electron chi connectivity index (χ1n) is 8.03. The highest BCUT2D eigenvalue weighted by Gasteiger charge is 2.31. The zero-order valence-corrected chi connectivity index (χ0v) is 15.2. The minimum Gasteiger partial charge on any atom is -0.354 e. The lowest BCUT2D eigenvalue weighted by Gasteiger charge is -2.14. The van der Waals surface area contributed by atoms with Crippen molar-refractivity contribution in [2.75, 3.05) is 5.43 Å². The van der Waals surface area contributed by atoms with Crippen molar-refractivity contribution >= 4 is 34.3 Å². The van der Waals surface area contributed by atoms with Crippen LogP contribution in [0.25, 0.3) is 22.2 Å². The first-order chi connectivity index (χ1) is 12.6. The van der Waals surface area contributed by atoms with Crippen LogP contribution < -0.4 is 5.43 Å². The molecule has 5 nitrogen and oxygen atoms in total. The summed E-state index contributed by atoms with van der Waals surface area (Å²) in [6.07, 6.45) is 0. The van der Waals surface area contributed by atoms with Gasteiger partial charge in [0.15, 0.2) is 0 Å². The Bertz CT molecular complexity index is 1150. The molecule has 1 atom stereocenters. The fraction of sp³-hybridized carbons (Fsp3) is 0.111. The van der Waals surface area contributed by atoms with E-state index in [0.29, 0.717) is 0 Å². The van der Waals surface area contributed by atoms with E-state index in [1.54, 1.807) is 23.9 Å². The summed E-state index contributed by atoms with van der Waals surface area (Å²) in [6.45, 7) is 1.91. The molecule has 2 N–H and O–H groups in total. The normalized spacial score (nSPS) is 16.0. The molecule has 2 aromatic carbocycles. The molecule has 0 saturated heterocycles. The first-order valence-corrected chi connectivity index (χ1v) is 9.29. The van der Waals surface area contributed by atoms with Gasteiger partial charge in [-0.15, -0.1) is 10.2 Å². The van der Waals surface area contributed by atoms with Crippen molar-refractivity contribution in [2.45, 2.75) is 17.5 Å². The van der Waals surface area contributed by atoms with Gasteiger partial charge in [-0.05, 0) is 31.2 Å². The topological polar surface area (TPSA) is 58.5 Å². The van der Waals surface area contributed by atoms with E-state index in [2.05, 4.69) is 26.7 Å². The van der Waals surface area contributed by atoms with E-state index in [9.17, 15) is 4.39 Å². The summed E-state index contributed by atoms with van der Waals surface area (Å²) in [6, 6.07) is 12.9. The highest BCUT2D eigenvalue weighted by atomic mass is 35.5. The molecular weight excluding hydrogens is 373 g/mol. The lowest BCUT2D eigenvalue weighted by Crippen LogP contribution is -2.14. The Balaban J connectivity index is 1.70. The standard InChI is InChI=1S/C18H13ClFN5S/c1-9-22-23-18-25(9)24-17(26-18)15-11-4-2-3-5-14(11)21-16(15)10-6-7-13(20)12(19)8-10/h2-8,17,21,24H,1H3. The van der Waals surface area contributed by atoms with Crippen LogP contribution in [0, 0.1) is 12.7 Å². The van der Waals surface area contributed by atoms with Crippen LogP contribution in [-0.2, 0) is 0 Å². The molecule has 3 heterocycles. The van der Waals surface area contributed by atoms with Crippen molar-refractivity contribution < 1.29 is 4.39 Å². The molecule has 0 spiro atoms. The molecule has 1 aliphatic rings. The van der Waals surface area contributed by atoms with Crippen LogP contribution >= 0.6 is 23.4 Å². The third kappa shape index (κ3) is 2.31. The fourth-order valence-corrected chi connectivity index (χ4v) is 4.55. The molecular formula is C18H13ClFN5S. The fourth-order valence-electron chi connectivity index (χ4n) is 3.26. The molecule has 1 aliphatic heterocycles. The number of fused-ring (bicyclic) bond motifs is 2. The molecule has 0 fully saturated rings. The first kappa shape index (κ1) is 15.7. The summed E-state index contributed by atoms with van der Waals surface area (Å²) < 4.78 is 15.5. The number of benzene rings is 2. The molecule has 0 bridgehead atoms. The highest BCUT2D eigenvalue weighted by molar-refractivity contribution is 7.99. The average molecular weight is 386 g/mol. The zero-order valence-electron chi connectivity index (χ0n) is 13.6. The lowest BCUT2D eigenvalue weighted by atomic mass is 10.0. The van der Waals surface area contributed by atoms with Crippen molar-refractivity contribution in [2.24, 2.45) is 0 Å². The quantitative estimate of drug-likeness (QED) is 0.516. The second-order valence-corrected chi connectivity index (χ2v) is 7.56. The van der Waals surface area contributed by atoms with Gasteiger partial charge in [-0.25, -0.2) is 9.07 Å². The van der Waals surface area contributed by atoms with Gasteiger partial charge in [-0.2, -0.15) is 0 Å². The predicted octanol–water partition coefficient (Wildman–Crippen LogP) is 4.88. The number of aryl methyl sites for hydroxylation is 1. The van der Waals surface area contributed by atoms with Crippen LogP contribution in [0.5, 0.6) is 0 Å². The molecule has 8 heteroatoms. The number of aromatic amines is 1. The number of halogens is 2. The largest absolute Gasteiger partial charge is 0.354 e. The number of nitrogens with one attached hydrogen (secondary N) is 2. The lowest BCUT2D eigenvalue weighted by molar-refractivity contribution is 0.628. The van der Waals surface area contributed by atoms with Crippen molar-refractivity contribution in [1.29, 1.82) is 0 Å². The molecule has 26 heavy (non-hydrogen) atoms. The maximum atomic E-state index is 13.6. The second-order valence-electron chi connectivity index (χ2n) is 6.08. The number of nitrogens with zero attached hydrogens (tertiary/aromatic N) is 3. The van der Waals surface area contributed by atoms with E-state index in [0.717, 1.165) is 38.7 Å². The monoisotopic (exact) mass is 385 g/mol. The number of hydrogen-bond donors (Lipinski definition) is 2. The Morgan fingerprint density at radius 3 is 2.85 bits per heavy atom. The van der Waals surface area contributed by atoms with E-state index in [1.807, 2.05) is 29.8 Å². The van der Waals surface area contributed by atoms with Crippen LogP contribution in [0.1, 0.15) is 16.8 Å². The van der Waals surface area contributed by atoms with E-state index >= 15 is 0 Å². The summed E-state index contributed by atoms with van der Waals surface area (Å²) in [4.78, 5) is 3.46. The van der Waals surface area contributed by atoms with Gasteiger partial charge in [0.1, 0.15) is 17.0 Å². The highest BCUT2D eigenvalue weighted by Crippen LogP contribution is 2.45. The van der Waals surface area contributed by atoms with E-state index < -0.39 is 5.82 Å². The van der Waals surface area contributed by atoms with Crippen molar-refractivity contribution in [3.8, 4) is 11.3 Å². The Hall–Kier alpha value is -2.51. The summed E-state index contributed by atoms with van der Waals surface area (Å²) in [5.41, 5.74) is 7.29. The van der Waals surface area contributed by atoms with E-state index in [1.165, 1.54) is 6.07 Å². The third-order valence-electron chi connectivity index (χ3n) is 4.48. The van der Waals surface area contributed by atoms with Gasteiger partial charge in [0, 0.05) is 22.0 Å². The number of thioether (sulfide) groups is 1. The van der Waals surface area contributed by atoms with Crippen LogP contribution in [0.2, 0.25) is 5.02 Å². The SMILES string of the molecule is Cc1nnc2n1NC(c1c(-c3ccc(F)c(Cl)c3)[nH]c3ccccc13)S2. The maximum absolute atomic E-state index is 13.6.